The monoisotopic (exact) mass is 201 g/mol. The van der Waals surface area contributed by atoms with Crippen molar-refractivity contribution in [2.45, 2.75) is 26.8 Å². The molecule has 1 atom stereocenters. The maximum atomic E-state index is 11.4. The number of methoxy groups -OCH3 is 1. The second-order valence-corrected chi connectivity index (χ2v) is 3.28. The highest BCUT2D eigenvalue weighted by Crippen LogP contribution is 2.03. The second kappa shape index (κ2) is 5.36. The Hall–Kier alpha value is -1.39. The van der Waals surface area contributed by atoms with Crippen molar-refractivity contribution in [2.24, 2.45) is 5.92 Å². The zero-order valence-corrected chi connectivity index (χ0v) is 8.79. The van der Waals surface area contributed by atoms with Crippen molar-refractivity contribution in [3.05, 3.63) is 0 Å². The highest BCUT2D eigenvalue weighted by Gasteiger charge is 2.29. The lowest BCUT2D eigenvalue weighted by Crippen LogP contribution is -2.46. The van der Waals surface area contributed by atoms with Gasteiger partial charge in [0.1, 0.15) is 6.04 Å². The molecule has 0 bridgehead atoms. The number of amides is 1. The molecule has 0 saturated carbocycles. The van der Waals surface area contributed by atoms with E-state index in [4.69, 9.17) is 0 Å². The molecule has 0 aliphatic heterocycles. The Balaban J connectivity index is 4.57. The molecule has 5 heteroatoms. The number of nitrogens with one attached hydrogen (secondary N) is 1. The molecule has 0 spiro atoms. The molecule has 0 heterocycles. The van der Waals surface area contributed by atoms with Crippen LogP contribution < -0.4 is 5.32 Å². The van der Waals surface area contributed by atoms with Crippen LogP contribution in [0.3, 0.4) is 0 Å². The van der Waals surface area contributed by atoms with Gasteiger partial charge in [0.15, 0.2) is 0 Å². The molecule has 0 aromatic heterocycles. The van der Waals surface area contributed by atoms with Gasteiger partial charge in [-0.25, -0.2) is 4.79 Å². The normalized spacial score (nSPS) is 12.1. The summed E-state index contributed by atoms with van der Waals surface area (Å²) in [6, 6.07) is -0.806. The molecule has 1 amide bonds. The number of rotatable bonds is 4. The Bertz CT molecular complexity index is 247. The summed E-state index contributed by atoms with van der Waals surface area (Å²) in [5, 5.41) is 2.41. The van der Waals surface area contributed by atoms with Crippen LogP contribution in [0.2, 0.25) is 0 Å². The summed E-state index contributed by atoms with van der Waals surface area (Å²) >= 11 is 0. The molecule has 1 N–H and O–H groups in total. The lowest BCUT2D eigenvalue weighted by Gasteiger charge is -2.18. The molecule has 0 fully saturated rings. The van der Waals surface area contributed by atoms with E-state index in [1.807, 2.05) is 0 Å². The van der Waals surface area contributed by atoms with Gasteiger partial charge in [-0.05, 0) is 5.92 Å². The van der Waals surface area contributed by atoms with E-state index in [1.165, 1.54) is 6.92 Å². The predicted octanol–water partition coefficient (Wildman–Crippen LogP) is -0.111. The maximum Gasteiger partial charge on any atom is 0.376 e. The van der Waals surface area contributed by atoms with Crippen LogP contribution in [0.15, 0.2) is 0 Å². The fraction of sp³-hybridized carbons (Fsp3) is 0.667. The Morgan fingerprint density at radius 2 is 1.71 bits per heavy atom. The van der Waals surface area contributed by atoms with Gasteiger partial charge in [-0.2, -0.15) is 0 Å². The molecule has 0 radical (unpaired) electrons. The van der Waals surface area contributed by atoms with Gasteiger partial charge in [-0.3, -0.25) is 9.59 Å². The quantitative estimate of drug-likeness (QED) is 0.508. The van der Waals surface area contributed by atoms with E-state index in [0.29, 0.717) is 0 Å². The van der Waals surface area contributed by atoms with Gasteiger partial charge in [-0.15, -0.1) is 0 Å². The molecule has 14 heavy (non-hydrogen) atoms. The van der Waals surface area contributed by atoms with Gasteiger partial charge in [0.25, 0.3) is 5.78 Å². The lowest BCUT2D eigenvalue weighted by atomic mass is 10.00. The van der Waals surface area contributed by atoms with Gasteiger partial charge in [0.2, 0.25) is 5.91 Å². The Kier molecular flexibility index (Phi) is 4.83. The summed E-state index contributed by atoms with van der Waals surface area (Å²) in [6.45, 7) is 4.77. The Morgan fingerprint density at radius 1 is 1.21 bits per heavy atom. The van der Waals surface area contributed by atoms with Crippen LogP contribution in [-0.4, -0.2) is 30.8 Å². The smallest absolute Gasteiger partial charge is 0.376 e. The highest BCUT2D eigenvalue weighted by molar-refractivity contribution is 6.36. The molecule has 0 aliphatic rings. The number of carbonyl (C=O) groups excluding carboxylic acids is 3. The first kappa shape index (κ1) is 12.6. The number of ketones is 1. The fourth-order valence-electron chi connectivity index (χ4n) is 0.982. The number of esters is 1. The van der Waals surface area contributed by atoms with Crippen LogP contribution in [0.4, 0.5) is 0 Å². The highest BCUT2D eigenvalue weighted by atomic mass is 16.5. The topological polar surface area (TPSA) is 72.5 Å². The second-order valence-electron chi connectivity index (χ2n) is 3.28. The van der Waals surface area contributed by atoms with Crippen LogP contribution in [-0.2, 0) is 19.1 Å². The fourth-order valence-corrected chi connectivity index (χ4v) is 0.982. The van der Waals surface area contributed by atoms with E-state index in [1.54, 1.807) is 13.8 Å². The minimum atomic E-state index is -0.933. The van der Waals surface area contributed by atoms with E-state index >= 15 is 0 Å². The van der Waals surface area contributed by atoms with Crippen LogP contribution in [0.1, 0.15) is 20.8 Å². The third-order valence-corrected chi connectivity index (χ3v) is 1.69. The van der Waals surface area contributed by atoms with E-state index in [2.05, 4.69) is 10.1 Å². The number of hydrogen-bond donors (Lipinski definition) is 1. The first-order valence-electron chi connectivity index (χ1n) is 4.29. The van der Waals surface area contributed by atoms with Gasteiger partial charge in [0, 0.05) is 6.92 Å². The van der Waals surface area contributed by atoms with Gasteiger partial charge < -0.3 is 10.1 Å². The standard InChI is InChI=1S/C9H15NO4/c1-5(2)7(10-6(3)11)8(12)9(13)14-4/h5,7H,1-4H3,(H,10,11). The largest absolute Gasteiger partial charge is 0.463 e. The van der Waals surface area contributed by atoms with E-state index in [-0.39, 0.29) is 11.8 Å². The molecule has 0 rings (SSSR count). The molecule has 80 valence electrons. The zero-order chi connectivity index (χ0) is 11.3. The van der Waals surface area contributed by atoms with Crippen LogP contribution in [0, 0.1) is 5.92 Å². The maximum absolute atomic E-state index is 11.4. The molecular formula is C9H15NO4. The van der Waals surface area contributed by atoms with Gasteiger partial charge >= 0.3 is 5.97 Å². The average Bonchev–Trinajstić information content (AvgIpc) is 2.11. The van der Waals surface area contributed by atoms with Crippen molar-refractivity contribution in [3.63, 3.8) is 0 Å². The van der Waals surface area contributed by atoms with Crippen molar-refractivity contribution >= 4 is 17.7 Å². The molecule has 0 aliphatic carbocycles. The van der Waals surface area contributed by atoms with Crippen molar-refractivity contribution in [1.82, 2.24) is 5.32 Å². The van der Waals surface area contributed by atoms with Crippen molar-refractivity contribution < 1.29 is 19.1 Å². The first-order chi connectivity index (χ1) is 6.40. The summed E-state index contributed by atoms with van der Waals surface area (Å²) in [6.07, 6.45) is 0. The van der Waals surface area contributed by atoms with Gasteiger partial charge in [-0.1, -0.05) is 13.8 Å². The third kappa shape index (κ3) is 3.55. The van der Waals surface area contributed by atoms with E-state index < -0.39 is 17.8 Å². The summed E-state index contributed by atoms with van der Waals surface area (Å²) in [7, 11) is 1.13. The van der Waals surface area contributed by atoms with Crippen molar-refractivity contribution in [3.8, 4) is 0 Å². The van der Waals surface area contributed by atoms with Gasteiger partial charge in [0.05, 0.1) is 7.11 Å². The lowest BCUT2D eigenvalue weighted by molar-refractivity contribution is -0.153. The summed E-state index contributed by atoms with van der Waals surface area (Å²) in [4.78, 5) is 33.0. The third-order valence-electron chi connectivity index (χ3n) is 1.69. The average molecular weight is 201 g/mol. The minimum Gasteiger partial charge on any atom is -0.463 e. The molecular weight excluding hydrogens is 186 g/mol. The molecule has 5 nitrogen and oxygen atoms in total. The number of Topliss-reactive ketones (excluding diaryl/α,β-unsaturated/α-hetero) is 1. The van der Waals surface area contributed by atoms with Crippen LogP contribution in [0.5, 0.6) is 0 Å². The summed E-state index contributed by atoms with van der Waals surface area (Å²) in [5.74, 6) is -2.15. The molecule has 0 aromatic carbocycles. The molecule has 1 unspecified atom stereocenters. The van der Waals surface area contributed by atoms with Crippen LogP contribution in [0.25, 0.3) is 0 Å². The van der Waals surface area contributed by atoms with Crippen molar-refractivity contribution in [2.75, 3.05) is 7.11 Å². The predicted molar refractivity (Wildman–Crippen MR) is 49.5 cm³/mol. The number of ether oxygens (including phenoxy) is 1. The van der Waals surface area contributed by atoms with E-state index in [9.17, 15) is 14.4 Å². The Labute approximate surface area is 82.8 Å². The zero-order valence-electron chi connectivity index (χ0n) is 8.79. The first-order valence-corrected chi connectivity index (χ1v) is 4.29. The van der Waals surface area contributed by atoms with E-state index in [0.717, 1.165) is 7.11 Å². The summed E-state index contributed by atoms with van der Waals surface area (Å²) in [5.41, 5.74) is 0. The number of hydrogen-bond acceptors (Lipinski definition) is 4. The Morgan fingerprint density at radius 3 is 2.00 bits per heavy atom. The summed E-state index contributed by atoms with van der Waals surface area (Å²) < 4.78 is 4.28. The van der Waals surface area contributed by atoms with Crippen molar-refractivity contribution in [1.29, 1.82) is 0 Å². The SMILES string of the molecule is COC(=O)C(=O)C(NC(C)=O)C(C)C. The minimum absolute atomic E-state index is 0.148. The molecule has 0 saturated heterocycles. The van der Waals surface area contributed by atoms with Crippen LogP contribution >= 0.6 is 0 Å². The molecule has 0 aromatic rings. The number of carbonyl (C=O) groups is 3.